The molecule has 0 saturated carbocycles. The summed E-state index contributed by atoms with van der Waals surface area (Å²) in [4.78, 5) is 5.86. The van der Waals surface area contributed by atoms with Crippen LogP contribution < -0.4 is 5.48 Å². The summed E-state index contributed by atoms with van der Waals surface area (Å²) in [6.07, 6.45) is 7.90. The SMILES string of the molecule is C=CCC[C@H](C=C)NO[C@@H](CCC)c1ccccc1. The summed E-state index contributed by atoms with van der Waals surface area (Å²) >= 11 is 0. The summed E-state index contributed by atoms with van der Waals surface area (Å²) in [6.45, 7) is 9.74. The van der Waals surface area contributed by atoms with Gasteiger partial charge in [-0.15, -0.1) is 13.2 Å². The van der Waals surface area contributed by atoms with Crippen molar-refractivity contribution in [3.05, 3.63) is 61.2 Å². The molecule has 19 heavy (non-hydrogen) atoms. The predicted molar refractivity (Wildman–Crippen MR) is 81.7 cm³/mol. The molecule has 0 radical (unpaired) electrons. The summed E-state index contributed by atoms with van der Waals surface area (Å²) in [5.41, 5.74) is 4.33. The van der Waals surface area contributed by atoms with Crippen molar-refractivity contribution in [3.8, 4) is 0 Å². The highest BCUT2D eigenvalue weighted by atomic mass is 16.7. The predicted octanol–water partition coefficient (Wildman–Crippen LogP) is 4.57. The first kappa shape index (κ1) is 15.7. The second-order valence-corrected chi connectivity index (χ2v) is 4.63. The maximum atomic E-state index is 5.86. The Bertz CT molecular complexity index is 361. The monoisotopic (exact) mass is 259 g/mol. The Hall–Kier alpha value is -1.38. The molecule has 0 heterocycles. The van der Waals surface area contributed by atoms with Crippen molar-refractivity contribution in [2.45, 2.75) is 44.8 Å². The van der Waals surface area contributed by atoms with Crippen molar-refractivity contribution < 1.29 is 4.84 Å². The number of hydrogen-bond donors (Lipinski definition) is 1. The van der Waals surface area contributed by atoms with Crippen LogP contribution in [0, 0.1) is 0 Å². The van der Waals surface area contributed by atoms with Gasteiger partial charge in [0.1, 0.15) is 6.10 Å². The molecule has 0 aliphatic heterocycles. The summed E-state index contributed by atoms with van der Waals surface area (Å²) < 4.78 is 0. The van der Waals surface area contributed by atoms with Gasteiger partial charge < -0.3 is 0 Å². The van der Waals surface area contributed by atoms with Gasteiger partial charge in [0.05, 0.1) is 6.04 Å². The fraction of sp³-hybridized carbons (Fsp3) is 0.412. The van der Waals surface area contributed by atoms with Gasteiger partial charge in [0.2, 0.25) is 0 Å². The van der Waals surface area contributed by atoms with E-state index in [4.69, 9.17) is 4.84 Å². The molecule has 0 bridgehead atoms. The number of benzene rings is 1. The Labute approximate surface area is 117 Å². The van der Waals surface area contributed by atoms with Crippen molar-refractivity contribution in [3.63, 3.8) is 0 Å². The van der Waals surface area contributed by atoms with Gasteiger partial charge >= 0.3 is 0 Å². The summed E-state index contributed by atoms with van der Waals surface area (Å²) in [5, 5.41) is 0. The van der Waals surface area contributed by atoms with Crippen LogP contribution in [0.2, 0.25) is 0 Å². The lowest BCUT2D eigenvalue weighted by atomic mass is 10.1. The summed E-state index contributed by atoms with van der Waals surface area (Å²) in [7, 11) is 0. The Morgan fingerprint density at radius 2 is 1.95 bits per heavy atom. The third kappa shape index (κ3) is 5.86. The van der Waals surface area contributed by atoms with Crippen molar-refractivity contribution >= 4 is 0 Å². The molecule has 1 N–H and O–H groups in total. The fourth-order valence-corrected chi connectivity index (χ4v) is 1.92. The van der Waals surface area contributed by atoms with Crippen molar-refractivity contribution in [2.24, 2.45) is 0 Å². The van der Waals surface area contributed by atoms with Crippen LogP contribution >= 0.6 is 0 Å². The molecule has 1 rings (SSSR count). The smallest absolute Gasteiger partial charge is 0.104 e. The minimum absolute atomic E-state index is 0.0948. The van der Waals surface area contributed by atoms with Crippen LogP contribution in [0.4, 0.5) is 0 Å². The van der Waals surface area contributed by atoms with E-state index in [0.717, 1.165) is 25.7 Å². The number of hydroxylamine groups is 1. The van der Waals surface area contributed by atoms with Crippen LogP contribution in [0.15, 0.2) is 55.6 Å². The summed E-state index contributed by atoms with van der Waals surface area (Å²) in [5.74, 6) is 0. The Morgan fingerprint density at radius 3 is 2.53 bits per heavy atom. The molecule has 2 nitrogen and oxygen atoms in total. The van der Waals surface area contributed by atoms with E-state index in [2.05, 4.69) is 37.7 Å². The number of nitrogens with one attached hydrogen (secondary N) is 1. The van der Waals surface area contributed by atoms with E-state index in [1.807, 2.05) is 30.4 Å². The average Bonchev–Trinajstić information content (AvgIpc) is 2.47. The maximum Gasteiger partial charge on any atom is 0.104 e. The molecular weight excluding hydrogens is 234 g/mol. The van der Waals surface area contributed by atoms with Gasteiger partial charge in [-0.05, 0) is 24.8 Å². The molecule has 0 aliphatic carbocycles. The summed E-state index contributed by atoms with van der Waals surface area (Å²) in [6, 6.07) is 10.5. The van der Waals surface area contributed by atoms with Crippen molar-refractivity contribution in [1.29, 1.82) is 0 Å². The van der Waals surface area contributed by atoms with Gasteiger partial charge in [-0.2, -0.15) is 5.48 Å². The third-order valence-electron chi connectivity index (χ3n) is 3.05. The van der Waals surface area contributed by atoms with Gasteiger partial charge in [-0.25, -0.2) is 0 Å². The zero-order valence-electron chi connectivity index (χ0n) is 11.8. The van der Waals surface area contributed by atoms with Crippen LogP contribution in [0.25, 0.3) is 0 Å². The van der Waals surface area contributed by atoms with Crippen molar-refractivity contribution in [2.75, 3.05) is 0 Å². The topological polar surface area (TPSA) is 21.3 Å². The molecule has 0 fully saturated rings. The molecule has 0 aliphatic rings. The molecule has 2 atom stereocenters. The van der Waals surface area contributed by atoms with E-state index in [9.17, 15) is 0 Å². The first-order chi connectivity index (χ1) is 9.31. The second-order valence-electron chi connectivity index (χ2n) is 4.63. The van der Waals surface area contributed by atoms with E-state index < -0.39 is 0 Å². The second kappa shape index (κ2) is 9.54. The van der Waals surface area contributed by atoms with Gasteiger partial charge in [0, 0.05) is 0 Å². The lowest BCUT2D eigenvalue weighted by Gasteiger charge is -2.21. The van der Waals surface area contributed by atoms with Crippen LogP contribution in [-0.4, -0.2) is 6.04 Å². The molecule has 0 saturated heterocycles. The van der Waals surface area contributed by atoms with Crippen LogP contribution in [-0.2, 0) is 4.84 Å². The van der Waals surface area contributed by atoms with E-state index in [-0.39, 0.29) is 12.1 Å². The Kier molecular flexibility index (Phi) is 7.87. The molecular formula is C17H25NO. The highest BCUT2D eigenvalue weighted by molar-refractivity contribution is 5.17. The van der Waals surface area contributed by atoms with Gasteiger partial charge in [0.15, 0.2) is 0 Å². The quantitative estimate of drug-likeness (QED) is 0.491. The van der Waals surface area contributed by atoms with Gasteiger partial charge in [-0.3, -0.25) is 4.84 Å². The van der Waals surface area contributed by atoms with E-state index in [1.54, 1.807) is 0 Å². The lowest BCUT2D eigenvalue weighted by Crippen LogP contribution is -2.29. The zero-order chi connectivity index (χ0) is 13.9. The van der Waals surface area contributed by atoms with E-state index >= 15 is 0 Å². The third-order valence-corrected chi connectivity index (χ3v) is 3.05. The molecule has 0 unspecified atom stereocenters. The Balaban J connectivity index is 2.53. The van der Waals surface area contributed by atoms with Crippen LogP contribution in [0.1, 0.15) is 44.3 Å². The first-order valence-electron chi connectivity index (χ1n) is 7.01. The average molecular weight is 259 g/mol. The van der Waals surface area contributed by atoms with Crippen molar-refractivity contribution in [1.82, 2.24) is 5.48 Å². The van der Waals surface area contributed by atoms with Gasteiger partial charge in [0.25, 0.3) is 0 Å². The molecule has 1 aromatic rings. The standard InChI is InChI=1S/C17H25NO/c1-4-7-14-16(6-3)18-19-17(11-5-2)15-12-9-8-10-13-15/h4,6,8-10,12-13,16-18H,1,3,5,7,11,14H2,2H3/t16-,17-/m0/s1. The van der Waals surface area contributed by atoms with E-state index in [0.29, 0.717) is 0 Å². The first-order valence-corrected chi connectivity index (χ1v) is 7.01. The lowest BCUT2D eigenvalue weighted by molar-refractivity contribution is -0.0433. The number of hydrogen-bond acceptors (Lipinski definition) is 2. The van der Waals surface area contributed by atoms with Crippen LogP contribution in [0.5, 0.6) is 0 Å². The minimum atomic E-state index is 0.0948. The maximum absolute atomic E-state index is 5.86. The molecule has 1 aromatic carbocycles. The van der Waals surface area contributed by atoms with E-state index in [1.165, 1.54) is 5.56 Å². The Morgan fingerprint density at radius 1 is 1.21 bits per heavy atom. The van der Waals surface area contributed by atoms with Gasteiger partial charge in [-0.1, -0.05) is 55.8 Å². The highest BCUT2D eigenvalue weighted by Gasteiger charge is 2.12. The highest BCUT2D eigenvalue weighted by Crippen LogP contribution is 2.21. The minimum Gasteiger partial charge on any atom is -0.293 e. The molecule has 2 heteroatoms. The normalized spacial score (nSPS) is 13.7. The fourth-order valence-electron chi connectivity index (χ4n) is 1.92. The molecule has 0 aromatic heterocycles. The van der Waals surface area contributed by atoms with Crippen LogP contribution in [0.3, 0.4) is 0 Å². The largest absolute Gasteiger partial charge is 0.293 e. The molecule has 0 spiro atoms. The zero-order valence-corrected chi connectivity index (χ0v) is 11.8. The molecule has 104 valence electrons. The number of allylic oxidation sites excluding steroid dienone is 1. The number of rotatable bonds is 10. The molecule has 0 amide bonds.